The topological polar surface area (TPSA) is 40.7 Å². The van der Waals surface area contributed by atoms with E-state index in [4.69, 9.17) is 11.6 Å². The molecule has 2 N–H and O–H groups in total. The molecule has 0 amide bonds. The fourth-order valence-corrected chi connectivity index (χ4v) is 2.12. The largest absolute Gasteiger partial charge is 0.347 e. The van der Waals surface area contributed by atoms with Crippen LogP contribution < -0.4 is 5.32 Å². The number of hydrogen-bond acceptors (Lipinski definition) is 2. The van der Waals surface area contributed by atoms with Gasteiger partial charge in [0.25, 0.3) is 0 Å². The Labute approximate surface area is 107 Å². The van der Waals surface area contributed by atoms with Crippen molar-refractivity contribution >= 4 is 27.5 Å². The quantitative estimate of drug-likeness (QED) is 0.911. The van der Waals surface area contributed by atoms with Crippen LogP contribution in [0.25, 0.3) is 0 Å². The minimum absolute atomic E-state index is 0.741. The summed E-state index contributed by atoms with van der Waals surface area (Å²) in [5, 5.41) is 4.06. The molecule has 0 fully saturated rings. The summed E-state index contributed by atoms with van der Waals surface area (Å²) < 4.78 is 0.995. The molecule has 2 rings (SSSR count). The highest BCUT2D eigenvalue weighted by Gasteiger charge is 2.00. The number of nitrogens with one attached hydrogen (secondary N) is 2. The van der Waals surface area contributed by atoms with Crippen molar-refractivity contribution in [2.75, 3.05) is 0 Å². The van der Waals surface area contributed by atoms with E-state index in [1.807, 2.05) is 18.2 Å². The van der Waals surface area contributed by atoms with Crippen LogP contribution >= 0.6 is 27.5 Å². The van der Waals surface area contributed by atoms with Gasteiger partial charge >= 0.3 is 0 Å². The van der Waals surface area contributed by atoms with Gasteiger partial charge in [-0.2, -0.15) is 0 Å². The maximum Gasteiger partial charge on any atom is 0.0922 e. The van der Waals surface area contributed by atoms with Gasteiger partial charge in [0.15, 0.2) is 0 Å². The highest BCUT2D eigenvalue weighted by molar-refractivity contribution is 9.10. The number of aromatic amines is 1. The van der Waals surface area contributed by atoms with Crippen LogP contribution in [0.15, 0.2) is 35.2 Å². The van der Waals surface area contributed by atoms with Gasteiger partial charge in [-0.3, -0.25) is 0 Å². The molecule has 0 bridgehead atoms. The Hall–Kier alpha value is -0.840. The number of rotatable bonds is 4. The lowest BCUT2D eigenvalue weighted by atomic mass is 10.2. The SMILES string of the molecule is Clc1cc(Br)ccc1CNCc1cnc[nH]1. The standard InChI is InChI=1S/C11H11BrClN3/c12-9-2-1-8(11(13)3-9)4-14-5-10-6-15-7-16-10/h1-3,6-7,14H,4-5H2,(H,15,16). The van der Waals surface area contributed by atoms with E-state index in [-0.39, 0.29) is 0 Å². The average molecular weight is 301 g/mol. The molecule has 0 radical (unpaired) electrons. The lowest BCUT2D eigenvalue weighted by molar-refractivity contribution is 0.682. The second kappa shape index (κ2) is 5.48. The highest BCUT2D eigenvalue weighted by Crippen LogP contribution is 2.21. The summed E-state index contributed by atoms with van der Waals surface area (Å²) in [5.74, 6) is 0. The fraction of sp³-hybridized carbons (Fsp3) is 0.182. The van der Waals surface area contributed by atoms with Crippen molar-refractivity contribution in [1.82, 2.24) is 15.3 Å². The molecule has 16 heavy (non-hydrogen) atoms. The smallest absolute Gasteiger partial charge is 0.0922 e. The summed E-state index contributed by atoms with van der Waals surface area (Å²) >= 11 is 9.48. The molecule has 0 aliphatic rings. The van der Waals surface area contributed by atoms with Gasteiger partial charge in [0.05, 0.1) is 6.33 Å². The Morgan fingerprint density at radius 3 is 2.94 bits per heavy atom. The van der Waals surface area contributed by atoms with E-state index in [0.29, 0.717) is 0 Å². The lowest BCUT2D eigenvalue weighted by Gasteiger charge is -2.06. The van der Waals surface area contributed by atoms with Crippen molar-refractivity contribution in [1.29, 1.82) is 0 Å². The molecule has 0 aliphatic heterocycles. The van der Waals surface area contributed by atoms with Gasteiger partial charge in [-0.05, 0) is 17.7 Å². The zero-order chi connectivity index (χ0) is 11.4. The molecule has 0 unspecified atom stereocenters. The van der Waals surface area contributed by atoms with E-state index in [0.717, 1.165) is 33.8 Å². The van der Waals surface area contributed by atoms with Crippen molar-refractivity contribution < 1.29 is 0 Å². The number of halogens is 2. The summed E-state index contributed by atoms with van der Waals surface area (Å²) in [6, 6.07) is 5.89. The predicted octanol–water partition coefficient (Wildman–Crippen LogP) is 3.12. The van der Waals surface area contributed by atoms with Crippen molar-refractivity contribution in [2.45, 2.75) is 13.1 Å². The molecule has 1 aromatic heterocycles. The van der Waals surface area contributed by atoms with Gasteiger partial charge in [0.1, 0.15) is 0 Å². The maximum atomic E-state index is 6.10. The van der Waals surface area contributed by atoms with Crippen LogP contribution in [0.3, 0.4) is 0 Å². The van der Waals surface area contributed by atoms with Crippen LogP contribution in [-0.4, -0.2) is 9.97 Å². The Morgan fingerprint density at radius 2 is 2.25 bits per heavy atom. The monoisotopic (exact) mass is 299 g/mol. The maximum absolute atomic E-state index is 6.10. The Kier molecular flexibility index (Phi) is 3.98. The summed E-state index contributed by atoms with van der Waals surface area (Å²) in [6.07, 6.45) is 3.47. The van der Waals surface area contributed by atoms with E-state index in [1.165, 1.54) is 0 Å². The van der Waals surface area contributed by atoms with Gasteiger partial charge < -0.3 is 10.3 Å². The molecule has 0 atom stereocenters. The zero-order valence-electron chi connectivity index (χ0n) is 8.50. The average Bonchev–Trinajstić information content (AvgIpc) is 2.74. The van der Waals surface area contributed by atoms with Crippen LogP contribution in [0.2, 0.25) is 5.02 Å². The first-order valence-corrected chi connectivity index (χ1v) is 6.04. The van der Waals surface area contributed by atoms with Crippen LogP contribution in [-0.2, 0) is 13.1 Å². The third-order valence-corrected chi connectivity index (χ3v) is 3.05. The lowest BCUT2D eigenvalue weighted by Crippen LogP contribution is -2.13. The van der Waals surface area contributed by atoms with Crippen molar-refractivity contribution in [3.63, 3.8) is 0 Å². The van der Waals surface area contributed by atoms with Gasteiger partial charge in [-0.15, -0.1) is 0 Å². The summed E-state index contributed by atoms with van der Waals surface area (Å²) in [6.45, 7) is 1.50. The summed E-state index contributed by atoms with van der Waals surface area (Å²) in [7, 11) is 0. The number of benzene rings is 1. The number of aromatic nitrogens is 2. The minimum atomic E-state index is 0.741. The van der Waals surface area contributed by atoms with Gasteiger partial charge in [0.2, 0.25) is 0 Å². The summed E-state index contributed by atoms with van der Waals surface area (Å²) in [5.41, 5.74) is 2.15. The molecule has 84 valence electrons. The second-order valence-corrected chi connectivity index (χ2v) is 4.74. The normalized spacial score (nSPS) is 10.6. The molecule has 0 saturated carbocycles. The third kappa shape index (κ3) is 3.07. The van der Waals surface area contributed by atoms with E-state index in [1.54, 1.807) is 12.5 Å². The van der Waals surface area contributed by atoms with E-state index < -0.39 is 0 Å². The Bertz CT molecular complexity index is 456. The highest BCUT2D eigenvalue weighted by atomic mass is 79.9. The van der Waals surface area contributed by atoms with Crippen LogP contribution in [0.1, 0.15) is 11.3 Å². The molecule has 1 heterocycles. The predicted molar refractivity (Wildman–Crippen MR) is 68.3 cm³/mol. The van der Waals surface area contributed by atoms with E-state index in [2.05, 4.69) is 31.2 Å². The molecule has 2 aromatic rings. The molecule has 0 spiro atoms. The second-order valence-electron chi connectivity index (χ2n) is 3.42. The van der Waals surface area contributed by atoms with Gasteiger partial charge in [-0.25, -0.2) is 4.98 Å². The Balaban J connectivity index is 1.90. The first-order valence-electron chi connectivity index (χ1n) is 4.87. The van der Waals surface area contributed by atoms with Crippen LogP contribution in [0.5, 0.6) is 0 Å². The van der Waals surface area contributed by atoms with Crippen LogP contribution in [0.4, 0.5) is 0 Å². The zero-order valence-corrected chi connectivity index (χ0v) is 10.8. The van der Waals surface area contributed by atoms with Crippen LogP contribution in [0, 0.1) is 0 Å². The number of H-pyrrole nitrogens is 1. The minimum Gasteiger partial charge on any atom is -0.347 e. The van der Waals surface area contributed by atoms with Gasteiger partial charge in [0, 0.05) is 34.5 Å². The van der Waals surface area contributed by atoms with Crippen molar-refractivity contribution in [3.05, 3.63) is 51.5 Å². The number of hydrogen-bond donors (Lipinski definition) is 2. The Morgan fingerprint density at radius 1 is 1.38 bits per heavy atom. The molecule has 0 saturated heterocycles. The first-order chi connectivity index (χ1) is 7.75. The molecule has 1 aromatic carbocycles. The van der Waals surface area contributed by atoms with Crippen molar-refractivity contribution in [3.8, 4) is 0 Å². The molecular formula is C11H11BrClN3. The first kappa shape index (κ1) is 11.6. The van der Waals surface area contributed by atoms with E-state index in [9.17, 15) is 0 Å². The molecule has 5 heteroatoms. The number of imidazole rings is 1. The van der Waals surface area contributed by atoms with Crippen molar-refractivity contribution in [2.24, 2.45) is 0 Å². The van der Waals surface area contributed by atoms with E-state index >= 15 is 0 Å². The number of nitrogens with zero attached hydrogens (tertiary/aromatic N) is 1. The molecule has 3 nitrogen and oxygen atoms in total. The fourth-order valence-electron chi connectivity index (χ4n) is 1.38. The summed E-state index contributed by atoms with van der Waals surface area (Å²) in [4.78, 5) is 6.98. The third-order valence-electron chi connectivity index (χ3n) is 2.20. The molecule has 0 aliphatic carbocycles. The molecular weight excluding hydrogens is 289 g/mol. The van der Waals surface area contributed by atoms with Gasteiger partial charge in [-0.1, -0.05) is 33.6 Å².